The van der Waals surface area contributed by atoms with Crippen molar-refractivity contribution in [2.45, 2.75) is 57.7 Å². The molecule has 0 spiro atoms. The predicted molar refractivity (Wildman–Crippen MR) is 75.1 cm³/mol. The lowest BCUT2D eigenvalue weighted by molar-refractivity contribution is -0.175. The van der Waals surface area contributed by atoms with Crippen molar-refractivity contribution in [3.05, 3.63) is 0 Å². The normalized spacial score (nSPS) is 16.4. The van der Waals surface area contributed by atoms with E-state index in [1.54, 1.807) is 0 Å². The summed E-state index contributed by atoms with van der Waals surface area (Å²) in [5, 5.41) is 36.6. The summed E-state index contributed by atoms with van der Waals surface area (Å²) in [5.74, 6) is -4.63. The number of hydrogen-bond acceptors (Lipinski definition) is 6. The van der Waals surface area contributed by atoms with Gasteiger partial charge in [-0.05, 0) is 12.8 Å². The number of hydrogen-bond donors (Lipinski definition) is 4. The van der Waals surface area contributed by atoms with Gasteiger partial charge in [-0.2, -0.15) is 0 Å². The number of carboxylic acid groups (broad SMARTS) is 2. The molecule has 0 aromatic carbocycles. The van der Waals surface area contributed by atoms with Crippen molar-refractivity contribution < 1.29 is 39.5 Å². The molecule has 0 saturated carbocycles. The van der Waals surface area contributed by atoms with E-state index < -0.39 is 42.5 Å². The molecule has 128 valence electrons. The van der Waals surface area contributed by atoms with Crippen molar-refractivity contribution >= 4 is 17.9 Å². The highest BCUT2D eigenvalue weighted by Crippen LogP contribution is 2.21. The van der Waals surface area contributed by atoms with Crippen molar-refractivity contribution in [3.8, 4) is 0 Å². The highest BCUT2D eigenvalue weighted by molar-refractivity contribution is 5.88. The van der Waals surface area contributed by atoms with Gasteiger partial charge in [0.15, 0.2) is 5.60 Å². The molecule has 8 nitrogen and oxygen atoms in total. The molecule has 0 saturated heterocycles. The van der Waals surface area contributed by atoms with Crippen molar-refractivity contribution in [2.24, 2.45) is 5.92 Å². The fraction of sp³-hybridized carbons (Fsp3) is 0.786. The van der Waals surface area contributed by atoms with Crippen LogP contribution in [0.2, 0.25) is 0 Å². The Morgan fingerprint density at radius 3 is 2.09 bits per heavy atom. The summed E-state index contributed by atoms with van der Waals surface area (Å²) < 4.78 is 5.15. The zero-order valence-corrected chi connectivity index (χ0v) is 12.8. The Morgan fingerprint density at radius 2 is 1.73 bits per heavy atom. The lowest BCUT2D eigenvalue weighted by atomic mass is 9.94. The first kappa shape index (κ1) is 20.3. The molecule has 0 fully saturated rings. The van der Waals surface area contributed by atoms with Crippen molar-refractivity contribution in [2.75, 3.05) is 6.61 Å². The molecule has 0 aromatic heterocycles. The molecule has 22 heavy (non-hydrogen) atoms. The summed E-state index contributed by atoms with van der Waals surface area (Å²) in [7, 11) is 0. The summed E-state index contributed by atoms with van der Waals surface area (Å²) in [4.78, 5) is 33.5. The standard InChI is InChI=1S/C14H24O8/c1-3-5-10(9(4-2)8-15)22-12(18)7-14(21,13(19)20)6-11(16)17/h9-10,15,21H,3-8H2,1-2H3,(H,16,17)(H,19,20). The van der Waals surface area contributed by atoms with Gasteiger partial charge in [-0.3, -0.25) is 9.59 Å². The second-order valence-corrected chi connectivity index (χ2v) is 5.25. The first-order valence-electron chi connectivity index (χ1n) is 7.18. The van der Waals surface area contributed by atoms with Gasteiger partial charge in [-0.25, -0.2) is 4.79 Å². The minimum absolute atomic E-state index is 0.188. The van der Waals surface area contributed by atoms with Crippen LogP contribution in [-0.4, -0.2) is 56.6 Å². The number of ether oxygens (including phenoxy) is 1. The smallest absolute Gasteiger partial charge is 0.336 e. The molecule has 4 N–H and O–H groups in total. The molecule has 0 aromatic rings. The average Bonchev–Trinajstić information content (AvgIpc) is 2.38. The van der Waals surface area contributed by atoms with Gasteiger partial charge in [0.05, 0.1) is 12.8 Å². The van der Waals surface area contributed by atoms with E-state index in [2.05, 4.69) is 0 Å². The molecule has 0 aliphatic rings. The molecule has 0 heterocycles. The van der Waals surface area contributed by atoms with Crippen molar-refractivity contribution in [1.82, 2.24) is 0 Å². The van der Waals surface area contributed by atoms with E-state index in [9.17, 15) is 24.6 Å². The van der Waals surface area contributed by atoms with Crippen LogP contribution in [-0.2, 0) is 19.1 Å². The van der Waals surface area contributed by atoms with Gasteiger partial charge in [-0.15, -0.1) is 0 Å². The Bertz CT molecular complexity index is 390. The van der Waals surface area contributed by atoms with Crippen molar-refractivity contribution in [3.63, 3.8) is 0 Å². The third-order valence-corrected chi connectivity index (χ3v) is 3.42. The number of carbonyl (C=O) groups excluding carboxylic acids is 1. The van der Waals surface area contributed by atoms with Crippen LogP contribution in [0, 0.1) is 5.92 Å². The first-order valence-corrected chi connectivity index (χ1v) is 7.18. The molecule has 0 amide bonds. The zero-order valence-electron chi connectivity index (χ0n) is 12.8. The fourth-order valence-corrected chi connectivity index (χ4v) is 2.10. The lowest BCUT2D eigenvalue weighted by Gasteiger charge is -2.26. The lowest BCUT2D eigenvalue weighted by Crippen LogP contribution is -2.44. The highest BCUT2D eigenvalue weighted by atomic mass is 16.5. The van der Waals surface area contributed by atoms with Gasteiger partial charge in [0.2, 0.25) is 0 Å². The number of aliphatic carboxylic acids is 2. The minimum atomic E-state index is -2.71. The zero-order chi connectivity index (χ0) is 17.3. The fourth-order valence-electron chi connectivity index (χ4n) is 2.10. The SMILES string of the molecule is CCCC(OC(=O)CC(O)(CC(=O)O)C(=O)O)C(CC)CO. The second kappa shape index (κ2) is 9.37. The van der Waals surface area contributed by atoms with Gasteiger partial charge in [0.1, 0.15) is 6.10 Å². The molecule has 0 rings (SSSR count). The van der Waals surface area contributed by atoms with Gasteiger partial charge < -0.3 is 25.2 Å². The number of carboxylic acids is 2. The summed E-state index contributed by atoms with van der Waals surface area (Å²) >= 11 is 0. The molecule has 0 radical (unpaired) electrons. The monoisotopic (exact) mass is 320 g/mol. The van der Waals surface area contributed by atoms with Crippen LogP contribution in [0.25, 0.3) is 0 Å². The Balaban J connectivity index is 4.92. The number of carbonyl (C=O) groups is 3. The molecule has 0 bridgehead atoms. The van der Waals surface area contributed by atoms with E-state index in [-0.39, 0.29) is 12.5 Å². The van der Waals surface area contributed by atoms with Gasteiger partial charge in [0, 0.05) is 12.5 Å². The topological polar surface area (TPSA) is 141 Å². The van der Waals surface area contributed by atoms with Gasteiger partial charge in [-0.1, -0.05) is 20.3 Å². The molecule has 3 atom stereocenters. The number of aliphatic hydroxyl groups excluding tert-OH is 1. The third-order valence-electron chi connectivity index (χ3n) is 3.42. The Hall–Kier alpha value is -1.67. The van der Waals surface area contributed by atoms with Crippen LogP contribution in [0.4, 0.5) is 0 Å². The summed E-state index contributed by atoms with van der Waals surface area (Å²) in [5.41, 5.74) is -2.71. The molecular formula is C14H24O8. The van der Waals surface area contributed by atoms with Crippen LogP contribution in [0.15, 0.2) is 0 Å². The first-order chi connectivity index (χ1) is 10.2. The molecule has 0 aliphatic heterocycles. The van der Waals surface area contributed by atoms with E-state index >= 15 is 0 Å². The number of aliphatic hydroxyl groups is 2. The molecule has 8 heteroatoms. The maximum absolute atomic E-state index is 11.8. The minimum Gasteiger partial charge on any atom is -0.481 e. The van der Waals surface area contributed by atoms with E-state index in [0.29, 0.717) is 19.3 Å². The van der Waals surface area contributed by atoms with Gasteiger partial charge in [0.25, 0.3) is 0 Å². The maximum Gasteiger partial charge on any atom is 0.336 e. The highest BCUT2D eigenvalue weighted by Gasteiger charge is 2.42. The van der Waals surface area contributed by atoms with Crippen LogP contribution < -0.4 is 0 Å². The van der Waals surface area contributed by atoms with Crippen LogP contribution in [0.1, 0.15) is 46.0 Å². The average molecular weight is 320 g/mol. The predicted octanol–water partition coefficient (Wildman–Crippen LogP) is 0.397. The van der Waals surface area contributed by atoms with E-state index in [0.717, 1.165) is 0 Å². The van der Waals surface area contributed by atoms with Gasteiger partial charge >= 0.3 is 17.9 Å². The second-order valence-electron chi connectivity index (χ2n) is 5.25. The molecule has 0 aliphatic carbocycles. The van der Waals surface area contributed by atoms with Crippen LogP contribution in [0.5, 0.6) is 0 Å². The van der Waals surface area contributed by atoms with Crippen LogP contribution >= 0.6 is 0 Å². The van der Waals surface area contributed by atoms with E-state index in [1.807, 2.05) is 13.8 Å². The van der Waals surface area contributed by atoms with E-state index in [4.69, 9.17) is 14.9 Å². The molecular weight excluding hydrogens is 296 g/mol. The summed E-state index contributed by atoms with van der Waals surface area (Å²) in [6.07, 6.45) is -0.936. The molecule has 3 unspecified atom stereocenters. The number of rotatable bonds is 11. The Labute approximate surface area is 128 Å². The van der Waals surface area contributed by atoms with Crippen molar-refractivity contribution in [1.29, 1.82) is 0 Å². The maximum atomic E-state index is 11.8. The largest absolute Gasteiger partial charge is 0.481 e. The third kappa shape index (κ3) is 6.40. The number of esters is 1. The van der Waals surface area contributed by atoms with Crippen LogP contribution in [0.3, 0.4) is 0 Å². The Kier molecular flexibility index (Phi) is 8.66. The Morgan fingerprint density at radius 1 is 1.14 bits per heavy atom. The quantitative estimate of drug-likeness (QED) is 0.401. The summed E-state index contributed by atoms with van der Waals surface area (Å²) in [6, 6.07) is 0. The van der Waals surface area contributed by atoms with E-state index in [1.165, 1.54) is 0 Å². The summed E-state index contributed by atoms with van der Waals surface area (Å²) in [6.45, 7) is 3.49.